The molecule has 152 valence electrons. The zero-order chi connectivity index (χ0) is 20.2. The molecule has 2 aromatic carbocycles. The minimum atomic E-state index is -0.148. The Kier molecular flexibility index (Phi) is 5.71. The monoisotopic (exact) mass is 395 g/mol. The second kappa shape index (κ2) is 8.57. The van der Waals surface area contributed by atoms with Gasteiger partial charge < -0.3 is 18.9 Å². The van der Waals surface area contributed by atoms with Gasteiger partial charge in [0, 0.05) is 18.7 Å². The number of carbonyl (C=O) groups is 1. The molecule has 29 heavy (non-hydrogen) atoms. The molecule has 1 saturated heterocycles. The molecule has 0 amide bonds. The number of hydrogen-bond donors (Lipinski definition) is 0. The number of fused-ring (bicyclic) bond motifs is 1. The largest absolute Gasteiger partial charge is 0.497 e. The number of rotatable bonds is 7. The van der Waals surface area contributed by atoms with E-state index in [1.165, 1.54) is 12.8 Å². The molecule has 1 fully saturated rings. The first-order chi connectivity index (χ1) is 14.2. The fourth-order valence-electron chi connectivity index (χ4n) is 3.62. The van der Waals surface area contributed by atoms with Gasteiger partial charge in [0.05, 0.1) is 19.8 Å². The highest BCUT2D eigenvalue weighted by Crippen LogP contribution is 2.35. The number of allylic oxidation sites excluding steroid dienone is 1. The summed E-state index contributed by atoms with van der Waals surface area (Å²) in [7, 11) is 3.17. The lowest BCUT2D eigenvalue weighted by molar-refractivity contribution is 0.101. The molecule has 0 N–H and O–H groups in total. The van der Waals surface area contributed by atoms with Crippen molar-refractivity contribution < 1.29 is 23.7 Å². The number of benzene rings is 2. The van der Waals surface area contributed by atoms with Crippen molar-refractivity contribution in [2.75, 3.05) is 40.5 Å². The van der Waals surface area contributed by atoms with Crippen LogP contribution in [-0.2, 0) is 0 Å². The van der Waals surface area contributed by atoms with Crippen LogP contribution in [-0.4, -0.2) is 51.1 Å². The lowest BCUT2D eigenvalue weighted by atomic mass is 10.1. The van der Waals surface area contributed by atoms with Gasteiger partial charge in [-0.1, -0.05) is 0 Å². The van der Waals surface area contributed by atoms with Crippen LogP contribution in [0, 0.1) is 0 Å². The van der Waals surface area contributed by atoms with Crippen molar-refractivity contribution in [3.8, 4) is 23.0 Å². The Bertz CT molecular complexity index is 909. The van der Waals surface area contributed by atoms with Crippen LogP contribution in [0.25, 0.3) is 6.08 Å². The summed E-state index contributed by atoms with van der Waals surface area (Å²) >= 11 is 0. The van der Waals surface area contributed by atoms with E-state index in [4.69, 9.17) is 18.9 Å². The number of likely N-dealkylation sites (tertiary alicyclic amines) is 1. The van der Waals surface area contributed by atoms with E-state index in [2.05, 4.69) is 4.90 Å². The number of methoxy groups -OCH3 is 2. The third-order valence-corrected chi connectivity index (χ3v) is 5.19. The molecule has 0 spiro atoms. The van der Waals surface area contributed by atoms with Crippen molar-refractivity contribution in [2.24, 2.45) is 0 Å². The lowest BCUT2D eigenvalue weighted by Crippen LogP contribution is -2.25. The van der Waals surface area contributed by atoms with Gasteiger partial charge in [-0.15, -0.1) is 0 Å². The van der Waals surface area contributed by atoms with Gasteiger partial charge in [0.25, 0.3) is 0 Å². The lowest BCUT2D eigenvalue weighted by Gasteiger charge is -2.15. The van der Waals surface area contributed by atoms with Gasteiger partial charge in [-0.05, 0) is 61.8 Å². The van der Waals surface area contributed by atoms with E-state index in [0.29, 0.717) is 35.2 Å². The highest BCUT2D eigenvalue weighted by Gasteiger charge is 2.28. The number of Topliss-reactive ketones (excluding diaryl/α,β-unsaturated/α-hetero) is 1. The second-order valence-corrected chi connectivity index (χ2v) is 7.14. The molecule has 2 aromatic rings. The first kappa shape index (κ1) is 19.3. The minimum Gasteiger partial charge on any atom is -0.497 e. The smallest absolute Gasteiger partial charge is 0.231 e. The van der Waals surface area contributed by atoms with Gasteiger partial charge in [0.15, 0.2) is 5.76 Å². The van der Waals surface area contributed by atoms with E-state index >= 15 is 0 Å². The predicted molar refractivity (Wildman–Crippen MR) is 110 cm³/mol. The van der Waals surface area contributed by atoms with Crippen LogP contribution in [0.2, 0.25) is 0 Å². The molecule has 6 nitrogen and oxygen atoms in total. The zero-order valence-corrected chi connectivity index (χ0v) is 16.8. The Morgan fingerprint density at radius 3 is 2.41 bits per heavy atom. The standard InChI is InChI=1S/C23H25NO5/c1-26-18-11-16(12-19(14-18)27-2)13-22-23(25)20-6-5-17(15-21(20)29-22)28-10-9-24-7-3-4-8-24/h5-6,11-15H,3-4,7-10H2,1-2H3/b22-13-. The molecule has 2 heterocycles. The third kappa shape index (κ3) is 4.38. The molecule has 0 atom stereocenters. The van der Waals surface area contributed by atoms with Gasteiger partial charge in [0.2, 0.25) is 5.78 Å². The summed E-state index contributed by atoms with van der Waals surface area (Å²) in [6, 6.07) is 10.8. The average molecular weight is 395 g/mol. The fourth-order valence-corrected chi connectivity index (χ4v) is 3.62. The van der Waals surface area contributed by atoms with Crippen LogP contribution < -0.4 is 18.9 Å². The second-order valence-electron chi connectivity index (χ2n) is 7.14. The minimum absolute atomic E-state index is 0.148. The molecule has 6 heteroatoms. The number of nitrogens with zero attached hydrogens (tertiary/aromatic N) is 1. The molecule has 2 aliphatic rings. The summed E-state index contributed by atoms with van der Waals surface area (Å²) in [5, 5.41) is 0. The summed E-state index contributed by atoms with van der Waals surface area (Å²) in [4.78, 5) is 15.1. The first-order valence-electron chi connectivity index (χ1n) is 9.83. The average Bonchev–Trinajstić information content (AvgIpc) is 3.36. The topological polar surface area (TPSA) is 57.2 Å². The SMILES string of the molecule is COc1cc(/C=C2\Oc3cc(OCCN4CCCC4)ccc3C2=O)cc(OC)c1. The number of ketones is 1. The van der Waals surface area contributed by atoms with Crippen LogP contribution in [0.15, 0.2) is 42.2 Å². The number of hydrogen-bond acceptors (Lipinski definition) is 6. The Morgan fingerprint density at radius 1 is 1.00 bits per heavy atom. The van der Waals surface area contributed by atoms with Crippen LogP contribution in [0.4, 0.5) is 0 Å². The predicted octanol–water partition coefficient (Wildman–Crippen LogP) is 3.79. The summed E-state index contributed by atoms with van der Waals surface area (Å²) in [5.41, 5.74) is 1.30. The maximum Gasteiger partial charge on any atom is 0.231 e. The summed E-state index contributed by atoms with van der Waals surface area (Å²) in [5.74, 6) is 2.64. The quantitative estimate of drug-likeness (QED) is 0.665. The van der Waals surface area contributed by atoms with Crippen molar-refractivity contribution in [3.63, 3.8) is 0 Å². The molecular formula is C23H25NO5. The maximum atomic E-state index is 12.7. The summed E-state index contributed by atoms with van der Waals surface area (Å²) in [6.07, 6.45) is 4.23. The maximum absolute atomic E-state index is 12.7. The summed E-state index contributed by atoms with van der Waals surface area (Å²) < 4.78 is 22.3. The molecule has 2 aliphatic heterocycles. The molecule has 0 saturated carbocycles. The molecule has 0 unspecified atom stereocenters. The van der Waals surface area contributed by atoms with Gasteiger partial charge in [-0.25, -0.2) is 0 Å². The van der Waals surface area contributed by atoms with Crippen molar-refractivity contribution in [1.29, 1.82) is 0 Å². The molecule has 0 bridgehead atoms. The van der Waals surface area contributed by atoms with E-state index in [0.717, 1.165) is 25.2 Å². The Balaban J connectivity index is 1.47. The van der Waals surface area contributed by atoms with E-state index in [1.54, 1.807) is 38.5 Å². The highest BCUT2D eigenvalue weighted by atomic mass is 16.5. The van der Waals surface area contributed by atoms with Crippen LogP contribution in [0.5, 0.6) is 23.0 Å². The Hall–Kier alpha value is -2.99. The molecule has 0 aromatic heterocycles. The van der Waals surface area contributed by atoms with E-state index in [9.17, 15) is 4.79 Å². The van der Waals surface area contributed by atoms with Crippen molar-refractivity contribution in [1.82, 2.24) is 4.90 Å². The van der Waals surface area contributed by atoms with E-state index in [-0.39, 0.29) is 11.5 Å². The van der Waals surface area contributed by atoms with Crippen LogP contribution in [0.1, 0.15) is 28.8 Å². The zero-order valence-electron chi connectivity index (χ0n) is 16.8. The van der Waals surface area contributed by atoms with Crippen molar-refractivity contribution in [2.45, 2.75) is 12.8 Å². The van der Waals surface area contributed by atoms with Crippen molar-refractivity contribution in [3.05, 3.63) is 53.3 Å². The number of carbonyl (C=O) groups excluding carboxylic acids is 1. The van der Waals surface area contributed by atoms with Gasteiger partial charge in [-0.3, -0.25) is 9.69 Å². The van der Waals surface area contributed by atoms with Crippen molar-refractivity contribution >= 4 is 11.9 Å². The molecule has 0 aliphatic carbocycles. The Labute approximate surface area is 170 Å². The van der Waals surface area contributed by atoms with Crippen LogP contribution >= 0.6 is 0 Å². The summed E-state index contributed by atoms with van der Waals surface area (Å²) in [6.45, 7) is 3.83. The highest BCUT2D eigenvalue weighted by molar-refractivity contribution is 6.14. The van der Waals surface area contributed by atoms with Gasteiger partial charge >= 0.3 is 0 Å². The Morgan fingerprint density at radius 2 is 1.72 bits per heavy atom. The normalized spacial score (nSPS) is 17.3. The van der Waals surface area contributed by atoms with E-state index in [1.807, 2.05) is 18.2 Å². The third-order valence-electron chi connectivity index (χ3n) is 5.19. The molecule has 0 radical (unpaired) electrons. The molecule has 4 rings (SSSR count). The van der Waals surface area contributed by atoms with Crippen LogP contribution in [0.3, 0.4) is 0 Å². The number of ether oxygens (including phenoxy) is 4. The first-order valence-corrected chi connectivity index (χ1v) is 9.83. The van der Waals surface area contributed by atoms with Gasteiger partial charge in [-0.2, -0.15) is 0 Å². The fraction of sp³-hybridized carbons (Fsp3) is 0.348. The molecular weight excluding hydrogens is 370 g/mol. The van der Waals surface area contributed by atoms with Gasteiger partial charge in [0.1, 0.15) is 29.6 Å². The van der Waals surface area contributed by atoms with E-state index < -0.39 is 0 Å².